The number of hydrogen-bond donors (Lipinski definition) is 0. The SMILES string of the molecule is COCCCCC1(CCl)CCC1. The van der Waals surface area contributed by atoms with Gasteiger partial charge >= 0.3 is 0 Å². The summed E-state index contributed by atoms with van der Waals surface area (Å²) < 4.78 is 5.01. The Morgan fingerprint density at radius 1 is 1.33 bits per heavy atom. The molecule has 0 N–H and O–H groups in total. The molecule has 1 rings (SSSR count). The van der Waals surface area contributed by atoms with Gasteiger partial charge in [-0.25, -0.2) is 0 Å². The molecule has 1 nitrogen and oxygen atoms in total. The lowest BCUT2D eigenvalue weighted by Crippen LogP contribution is -2.31. The number of unbranched alkanes of at least 4 members (excludes halogenated alkanes) is 1. The Bertz CT molecular complexity index is 115. The van der Waals surface area contributed by atoms with E-state index in [0.29, 0.717) is 5.41 Å². The highest BCUT2D eigenvalue weighted by molar-refractivity contribution is 6.18. The van der Waals surface area contributed by atoms with E-state index in [-0.39, 0.29) is 0 Å². The number of methoxy groups -OCH3 is 1. The predicted octanol–water partition coefficient (Wildman–Crippen LogP) is 3.21. The standard InChI is InChI=1S/C10H19ClO/c1-12-8-3-2-5-10(9-11)6-4-7-10/h2-9H2,1H3. The van der Waals surface area contributed by atoms with Crippen LogP contribution in [0.2, 0.25) is 0 Å². The summed E-state index contributed by atoms with van der Waals surface area (Å²) in [6.07, 6.45) is 7.86. The van der Waals surface area contributed by atoms with E-state index in [2.05, 4.69) is 0 Å². The van der Waals surface area contributed by atoms with Crippen LogP contribution in [0.25, 0.3) is 0 Å². The van der Waals surface area contributed by atoms with Gasteiger partial charge < -0.3 is 4.74 Å². The van der Waals surface area contributed by atoms with Crippen molar-refractivity contribution in [3.8, 4) is 0 Å². The lowest BCUT2D eigenvalue weighted by molar-refractivity contribution is 0.134. The number of halogens is 1. The van der Waals surface area contributed by atoms with Crippen LogP contribution >= 0.6 is 11.6 Å². The average Bonchev–Trinajstić information content (AvgIpc) is 2.02. The van der Waals surface area contributed by atoms with Gasteiger partial charge in [0, 0.05) is 19.6 Å². The molecule has 0 radical (unpaired) electrons. The third-order valence-electron chi connectivity index (χ3n) is 3.00. The maximum Gasteiger partial charge on any atom is 0.0462 e. The monoisotopic (exact) mass is 190 g/mol. The first-order valence-electron chi connectivity index (χ1n) is 4.88. The van der Waals surface area contributed by atoms with Gasteiger partial charge in [-0.2, -0.15) is 0 Å². The molecular weight excluding hydrogens is 172 g/mol. The summed E-state index contributed by atoms with van der Waals surface area (Å²) in [5, 5.41) is 0. The molecule has 72 valence electrons. The van der Waals surface area contributed by atoms with Gasteiger partial charge in [0.15, 0.2) is 0 Å². The van der Waals surface area contributed by atoms with E-state index in [1.807, 2.05) is 0 Å². The van der Waals surface area contributed by atoms with Crippen molar-refractivity contribution < 1.29 is 4.74 Å². The number of hydrogen-bond acceptors (Lipinski definition) is 1. The number of rotatable bonds is 6. The smallest absolute Gasteiger partial charge is 0.0462 e. The third-order valence-corrected chi connectivity index (χ3v) is 3.57. The van der Waals surface area contributed by atoms with Gasteiger partial charge in [0.1, 0.15) is 0 Å². The summed E-state index contributed by atoms with van der Waals surface area (Å²) in [5.41, 5.74) is 0.523. The lowest BCUT2D eigenvalue weighted by atomic mass is 9.67. The minimum atomic E-state index is 0.523. The molecular formula is C10H19ClO. The van der Waals surface area contributed by atoms with Gasteiger partial charge in [0.05, 0.1) is 0 Å². The molecule has 0 spiro atoms. The highest BCUT2D eigenvalue weighted by Gasteiger charge is 2.34. The molecule has 1 aliphatic carbocycles. The highest BCUT2D eigenvalue weighted by atomic mass is 35.5. The first kappa shape index (κ1) is 10.3. The van der Waals surface area contributed by atoms with Crippen molar-refractivity contribution in [3.05, 3.63) is 0 Å². The van der Waals surface area contributed by atoms with E-state index in [4.69, 9.17) is 16.3 Å². The lowest BCUT2D eigenvalue weighted by Gasteiger charge is -2.40. The number of alkyl halides is 1. The molecule has 0 unspecified atom stereocenters. The average molecular weight is 191 g/mol. The molecule has 12 heavy (non-hydrogen) atoms. The molecule has 1 fully saturated rings. The molecule has 0 atom stereocenters. The van der Waals surface area contributed by atoms with Crippen LogP contribution in [0.3, 0.4) is 0 Å². The Morgan fingerprint density at radius 3 is 2.50 bits per heavy atom. The van der Waals surface area contributed by atoms with Gasteiger partial charge in [-0.05, 0) is 31.1 Å². The molecule has 0 bridgehead atoms. The summed E-state index contributed by atoms with van der Waals surface area (Å²) >= 11 is 5.94. The Hall–Kier alpha value is 0.250. The predicted molar refractivity (Wildman–Crippen MR) is 52.7 cm³/mol. The Labute approximate surface area is 80.4 Å². The largest absolute Gasteiger partial charge is 0.385 e. The molecule has 0 aromatic rings. The van der Waals surface area contributed by atoms with Crippen molar-refractivity contribution >= 4 is 11.6 Å². The number of ether oxygens (including phenoxy) is 1. The maximum absolute atomic E-state index is 5.94. The van der Waals surface area contributed by atoms with Crippen LogP contribution in [0.4, 0.5) is 0 Å². The van der Waals surface area contributed by atoms with Gasteiger partial charge in [-0.15, -0.1) is 11.6 Å². The molecule has 2 heteroatoms. The Balaban J connectivity index is 2.04. The van der Waals surface area contributed by atoms with Crippen LogP contribution in [-0.4, -0.2) is 19.6 Å². The second kappa shape index (κ2) is 5.08. The molecule has 0 saturated heterocycles. The molecule has 0 aromatic carbocycles. The maximum atomic E-state index is 5.94. The van der Waals surface area contributed by atoms with Crippen LogP contribution in [0, 0.1) is 5.41 Å². The van der Waals surface area contributed by atoms with Crippen molar-refractivity contribution in [2.75, 3.05) is 19.6 Å². The van der Waals surface area contributed by atoms with Crippen LogP contribution in [0.15, 0.2) is 0 Å². The molecule has 1 saturated carbocycles. The molecule has 0 amide bonds. The van der Waals surface area contributed by atoms with E-state index >= 15 is 0 Å². The quantitative estimate of drug-likeness (QED) is 0.462. The highest BCUT2D eigenvalue weighted by Crippen LogP contribution is 2.45. The van der Waals surface area contributed by atoms with E-state index < -0.39 is 0 Å². The molecule has 0 aliphatic heterocycles. The summed E-state index contributed by atoms with van der Waals surface area (Å²) in [4.78, 5) is 0. The molecule has 1 aliphatic rings. The fourth-order valence-corrected chi connectivity index (χ4v) is 2.27. The second-order valence-corrected chi connectivity index (χ2v) is 4.20. The zero-order valence-electron chi connectivity index (χ0n) is 7.94. The second-order valence-electron chi connectivity index (χ2n) is 3.94. The van der Waals surface area contributed by atoms with Crippen LogP contribution in [0.1, 0.15) is 38.5 Å². The normalized spacial score (nSPS) is 20.5. The fraction of sp³-hybridized carbons (Fsp3) is 1.00. The Morgan fingerprint density at radius 2 is 2.08 bits per heavy atom. The van der Waals surface area contributed by atoms with Gasteiger partial charge in [0.2, 0.25) is 0 Å². The summed E-state index contributed by atoms with van der Waals surface area (Å²) in [7, 11) is 1.76. The van der Waals surface area contributed by atoms with Crippen LogP contribution < -0.4 is 0 Å². The molecule has 0 heterocycles. The van der Waals surface area contributed by atoms with E-state index in [1.165, 1.54) is 38.5 Å². The fourth-order valence-electron chi connectivity index (χ4n) is 1.87. The van der Waals surface area contributed by atoms with E-state index in [1.54, 1.807) is 7.11 Å². The van der Waals surface area contributed by atoms with Gasteiger partial charge in [-0.3, -0.25) is 0 Å². The van der Waals surface area contributed by atoms with E-state index in [0.717, 1.165) is 12.5 Å². The van der Waals surface area contributed by atoms with Gasteiger partial charge in [-0.1, -0.05) is 12.8 Å². The minimum Gasteiger partial charge on any atom is -0.385 e. The zero-order valence-corrected chi connectivity index (χ0v) is 8.70. The van der Waals surface area contributed by atoms with Crippen molar-refractivity contribution in [2.24, 2.45) is 5.41 Å². The first-order chi connectivity index (χ1) is 5.83. The van der Waals surface area contributed by atoms with Crippen molar-refractivity contribution in [1.82, 2.24) is 0 Å². The van der Waals surface area contributed by atoms with Crippen LogP contribution in [0.5, 0.6) is 0 Å². The zero-order chi connectivity index (χ0) is 8.86. The van der Waals surface area contributed by atoms with Gasteiger partial charge in [0.25, 0.3) is 0 Å². The van der Waals surface area contributed by atoms with Crippen molar-refractivity contribution in [1.29, 1.82) is 0 Å². The molecule has 0 aromatic heterocycles. The van der Waals surface area contributed by atoms with Crippen molar-refractivity contribution in [3.63, 3.8) is 0 Å². The van der Waals surface area contributed by atoms with Crippen molar-refractivity contribution in [2.45, 2.75) is 38.5 Å². The topological polar surface area (TPSA) is 9.23 Å². The van der Waals surface area contributed by atoms with E-state index in [9.17, 15) is 0 Å². The summed E-state index contributed by atoms with van der Waals surface area (Å²) in [5.74, 6) is 0.861. The third kappa shape index (κ3) is 2.63. The summed E-state index contributed by atoms with van der Waals surface area (Å²) in [6, 6.07) is 0. The Kier molecular flexibility index (Phi) is 4.38. The minimum absolute atomic E-state index is 0.523. The summed E-state index contributed by atoms with van der Waals surface area (Å²) in [6.45, 7) is 0.901. The van der Waals surface area contributed by atoms with Crippen LogP contribution in [-0.2, 0) is 4.74 Å². The first-order valence-corrected chi connectivity index (χ1v) is 5.41.